The van der Waals surface area contributed by atoms with Crippen molar-refractivity contribution < 1.29 is 28.0 Å². The third-order valence-electron chi connectivity index (χ3n) is 13.2. The first-order valence-electron chi connectivity index (χ1n) is 22.0. The molecule has 8 rings (SSSR count). The molecule has 2 saturated carbocycles. The molecule has 1 atom stereocenters. The van der Waals surface area contributed by atoms with Crippen molar-refractivity contribution in [3.05, 3.63) is 60.3 Å². The van der Waals surface area contributed by atoms with Crippen molar-refractivity contribution in [1.82, 2.24) is 25.5 Å². The molecular formula is C45H57F2N9O4. The zero-order valence-corrected chi connectivity index (χ0v) is 34.3. The van der Waals surface area contributed by atoms with Crippen molar-refractivity contribution in [2.24, 2.45) is 17.8 Å². The zero-order valence-electron chi connectivity index (χ0n) is 34.3. The highest BCUT2D eigenvalue weighted by molar-refractivity contribution is 6.01. The van der Waals surface area contributed by atoms with Crippen LogP contribution in [0.3, 0.4) is 0 Å². The second-order valence-corrected chi connectivity index (χ2v) is 17.4. The van der Waals surface area contributed by atoms with Crippen molar-refractivity contribution in [2.45, 2.75) is 95.6 Å². The number of carbonyl (C=O) groups excluding carboxylic acids is 4. The maximum atomic E-state index is 15.2. The number of anilines is 4. The highest BCUT2D eigenvalue weighted by atomic mass is 19.1. The smallest absolute Gasteiger partial charge is 0.249 e. The van der Waals surface area contributed by atoms with Gasteiger partial charge in [-0.2, -0.15) is 0 Å². The SMILES string of the molecule is O=C1CCC(Nc2ccc(N3CCN(CC4CCC(CNC(=O)C5CCC(Nc6ncc(F)c(-c7cccc(N8CCCCC8=O)c7)n6)CC5)CC4)CC3)c(F)c2)C(=O)N1. The average molecular weight is 826 g/mol. The van der Waals surface area contributed by atoms with E-state index in [0.717, 1.165) is 109 Å². The van der Waals surface area contributed by atoms with E-state index in [-0.39, 0.29) is 53.5 Å². The van der Waals surface area contributed by atoms with Gasteiger partial charge in [-0.05, 0) is 113 Å². The molecule has 4 N–H and O–H groups in total. The Bertz CT molecular complexity index is 2030. The Hall–Kier alpha value is -5.18. The Kier molecular flexibility index (Phi) is 13.2. The van der Waals surface area contributed by atoms with Crippen LogP contribution in [0.15, 0.2) is 48.7 Å². The van der Waals surface area contributed by atoms with Gasteiger partial charge in [-0.25, -0.2) is 18.7 Å². The van der Waals surface area contributed by atoms with E-state index in [9.17, 15) is 23.6 Å². The molecule has 1 unspecified atom stereocenters. The average Bonchev–Trinajstić information content (AvgIpc) is 3.26. The Morgan fingerprint density at radius 1 is 0.800 bits per heavy atom. The number of imide groups is 1. The first-order chi connectivity index (χ1) is 29.1. The van der Waals surface area contributed by atoms with Gasteiger partial charge in [0.05, 0.1) is 11.9 Å². The fourth-order valence-corrected chi connectivity index (χ4v) is 9.65. The van der Waals surface area contributed by atoms with Gasteiger partial charge in [-0.1, -0.05) is 12.1 Å². The summed E-state index contributed by atoms with van der Waals surface area (Å²) in [7, 11) is 0. The molecule has 0 bridgehead atoms. The van der Waals surface area contributed by atoms with E-state index in [0.29, 0.717) is 54.1 Å². The fourth-order valence-electron chi connectivity index (χ4n) is 9.65. The van der Waals surface area contributed by atoms with Crippen molar-refractivity contribution in [1.29, 1.82) is 0 Å². The number of carbonyl (C=O) groups is 4. The molecule has 3 aromatic rings. The molecule has 1 aromatic heterocycles. The van der Waals surface area contributed by atoms with Crippen molar-refractivity contribution in [3.8, 4) is 11.3 Å². The molecule has 2 aromatic carbocycles. The number of hydrogen-bond donors (Lipinski definition) is 4. The van der Waals surface area contributed by atoms with Crippen LogP contribution in [-0.4, -0.2) is 96.4 Å². The molecule has 4 heterocycles. The quantitative estimate of drug-likeness (QED) is 0.163. The topological polar surface area (TPSA) is 152 Å². The molecule has 13 nitrogen and oxygen atoms in total. The molecule has 3 saturated heterocycles. The van der Waals surface area contributed by atoms with Crippen molar-refractivity contribution in [2.75, 3.05) is 66.2 Å². The van der Waals surface area contributed by atoms with Crippen LogP contribution < -0.4 is 31.1 Å². The summed E-state index contributed by atoms with van der Waals surface area (Å²) in [6, 6.07) is 11.9. The second kappa shape index (κ2) is 19.0. The lowest BCUT2D eigenvalue weighted by Gasteiger charge is -2.39. The molecule has 5 fully saturated rings. The number of nitrogens with zero attached hydrogens (tertiary/aromatic N) is 5. The second-order valence-electron chi connectivity index (χ2n) is 17.4. The van der Waals surface area contributed by atoms with E-state index in [4.69, 9.17) is 0 Å². The molecule has 3 aliphatic heterocycles. The van der Waals surface area contributed by atoms with Crippen LogP contribution in [0, 0.1) is 29.4 Å². The number of piperidine rings is 2. The van der Waals surface area contributed by atoms with Crippen LogP contribution in [0.4, 0.5) is 31.8 Å². The van der Waals surface area contributed by atoms with Gasteiger partial charge in [0.15, 0.2) is 5.82 Å². The van der Waals surface area contributed by atoms with E-state index in [1.807, 2.05) is 18.2 Å². The van der Waals surface area contributed by atoms with Gasteiger partial charge in [0.1, 0.15) is 17.6 Å². The molecule has 320 valence electrons. The highest BCUT2D eigenvalue weighted by Gasteiger charge is 2.31. The van der Waals surface area contributed by atoms with Gasteiger partial charge in [0, 0.05) is 87.6 Å². The Morgan fingerprint density at radius 2 is 1.58 bits per heavy atom. The number of halogens is 2. The molecule has 4 amide bonds. The van der Waals surface area contributed by atoms with E-state index in [1.165, 1.54) is 12.3 Å². The van der Waals surface area contributed by atoms with Crippen LogP contribution in [0.1, 0.15) is 83.5 Å². The summed E-state index contributed by atoms with van der Waals surface area (Å²) < 4.78 is 30.2. The predicted molar refractivity (Wildman–Crippen MR) is 226 cm³/mol. The van der Waals surface area contributed by atoms with Crippen LogP contribution >= 0.6 is 0 Å². The summed E-state index contributed by atoms with van der Waals surface area (Å²) in [6.07, 6.45) is 11.8. The Morgan fingerprint density at radius 3 is 2.33 bits per heavy atom. The third kappa shape index (κ3) is 10.2. The number of amides is 4. The maximum Gasteiger partial charge on any atom is 0.249 e. The van der Waals surface area contributed by atoms with Gasteiger partial charge in [-0.3, -0.25) is 29.4 Å². The standard InChI is InChI=1S/C45H57F2N9O4/c46-36-25-34(50-38-16-18-40(57)52-44(38)60)15-17-39(36)55-22-20-54(21-23-55)28-30-9-7-29(8-10-30)26-48-43(59)31-11-13-33(14-12-31)51-45-49-27-37(47)42(53-45)32-4-3-5-35(24-32)56-19-2-1-6-41(56)58/h3-5,15,17,24-25,27,29-31,33,38,50H,1-2,6-14,16,18-23,26,28H2,(H,48,59)(H,49,51,53)(H,52,57,60). The maximum absolute atomic E-state index is 15.2. The third-order valence-corrected chi connectivity index (χ3v) is 13.2. The van der Waals surface area contributed by atoms with Crippen LogP contribution in [0.2, 0.25) is 0 Å². The van der Waals surface area contributed by atoms with Gasteiger partial charge in [-0.15, -0.1) is 0 Å². The van der Waals surface area contributed by atoms with E-state index in [2.05, 4.69) is 41.0 Å². The molecule has 60 heavy (non-hydrogen) atoms. The van der Waals surface area contributed by atoms with Crippen LogP contribution in [-0.2, 0) is 19.2 Å². The minimum atomic E-state index is -0.551. The zero-order chi connectivity index (χ0) is 41.6. The van der Waals surface area contributed by atoms with Gasteiger partial charge < -0.3 is 25.8 Å². The predicted octanol–water partition coefficient (Wildman–Crippen LogP) is 5.87. The monoisotopic (exact) mass is 825 g/mol. The van der Waals surface area contributed by atoms with Gasteiger partial charge in [0.2, 0.25) is 29.6 Å². The van der Waals surface area contributed by atoms with E-state index in [1.54, 1.807) is 23.1 Å². The number of aromatic nitrogens is 2. The molecular weight excluding hydrogens is 769 g/mol. The first kappa shape index (κ1) is 41.5. The molecule has 5 aliphatic rings. The number of hydrogen-bond acceptors (Lipinski definition) is 10. The Balaban J connectivity index is 0.720. The largest absolute Gasteiger partial charge is 0.374 e. The minimum absolute atomic E-state index is 0.0242. The van der Waals surface area contributed by atoms with Crippen LogP contribution in [0.25, 0.3) is 11.3 Å². The molecule has 0 radical (unpaired) electrons. The van der Waals surface area contributed by atoms with E-state index >= 15 is 4.39 Å². The summed E-state index contributed by atoms with van der Waals surface area (Å²) in [4.78, 5) is 64.3. The van der Waals surface area contributed by atoms with Gasteiger partial charge in [0.25, 0.3) is 0 Å². The fraction of sp³-hybridized carbons (Fsp3) is 0.556. The summed E-state index contributed by atoms with van der Waals surface area (Å²) >= 11 is 0. The summed E-state index contributed by atoms with van der Waals surface area (Å²) in [5.41, 5.74) is 2.64. The molecule has 2 aliphatic carbocycles. The number of rotatable bonds is 12. The van der Waals surface area contributed by atoms with Crippen molar-refractivity contribution >= 4 is 46.6 Å². The minimum Gasteiger partial charge on any atom is -0.374 e. The summed E-state index contributed by atoms with van der Waals surface area (Å²) in [5, 5.41) is 12.0. The summed E-state index contributed by atoms with van der Waals surface area (Å²) in [6.45, 7) is 5.66. The summed E-state index contributed by atoms with van der Waals surface area (Å²) in [5.74, 6) is 0.164. The number of piperazine rings is 1. The van der Waals surface area contributed by atoms with Crippen molar-refractivity contribution in [3.63, 3.8) is 0 Å². The lowest BCUT2D eigenvalue weighted by molar-refractivity contribution is -0.133. The lowest BCUT2D eigenvalue weighted by atomic mass is 9.81. The highest BCUT2D eigenvalue weighted by Crippen LogP contribution is 2.33. The normalized spacial score (nSPS) is 25.4. The van der Waals surface area contributed by atoms with Gasteiger partial charge >= 0.3 is 0 Å². The number of benzene rings is 2. The van der Waals surface area contributed by atoms with E-state index < -0.39 is 11.9 Å². The lowest BCUT2D eigenvalue weighted by Crippen LogP contribution is -2.48. The number of nitrogens with one attached hydrogen (secondary N) is 4. The Labute approximate surface area is 350 Å². The molecule has 0 spiro atoms. The van der Waals surface area contributed by atoms with Crippen LogP contribution in [0.5, 0.6) is 0 Å². The molecule has 15 heteroatoms. The first-order valence-corrected chi connectivity index (χ1v) is 22.0.